The maximum absolute atomic E-state index is 12.6. The molecule has 0 unspecified atom stereocenters. The molecule has 0 aliphatic heterocycles. The Labute approximate surface area is 241 Å². The summed E-state index contributed by atoms with van der Waals surface area (Å²) < 4.78 is 11.3. The molecule has 0 spiro atoms. The lowest BCUT2D eigenvalue weighted by atomic mass is 9.79. The molecule has 6 heteroatoms. The van der Waals surface area contributed by atoms with E-state index in [1.807, 2.05) is 83.1 Å². The normalized spacial score (nSPS) is 12.8. The quantitative estimate of drug-likeness (QED) is 0.203. The van der Waals surface area contributed by atoms with E-state index in [4.69, 9.17) is 9.47 Å². The Balaban J connectivity index is 2.03. The highest BCUT2D eigenvalue weighted by atomic mass is 16.5. The van der Waals surface area contributed by atoms with E-state index in [9.17, 15) is 19.8 Å². The van der Waals surface area contributed by atoms with Crippen molar-refractivity contribution >= 4 is 11.9 Å². The first-order chi connectivity index (χ1) is 18.0. The third kappa shape index (κ3) is 8.74. The number of hydrogen-bond donors (Lipinski definition) is 2. The Kier molecular flexibility index (Phi) is 9.82. The Hall–Kier alpha value is -3.02. The van der Waals surface area contributed by atoms with E-state index in [2.05, 4.69) is 0 Å². The van der Waals surface area contributed by atoms with Crippen molar-refractivity contribution in [2.45, 2.75) is 130 Å². The molecule has 0 heterocycles. The molecule has 0 aliphatic carbocycles. The monoisotopic (exact) mass is 554 g/mol. The van der Waals surface area contributed by atoms with Crippen LogP contribution in [0.2, 0.25) is 0 Å². The fourth-order valence-corrected chi connectivity index (χ4v) is 4.52. The smallest absolute Gasteiger partial charge is 0.311 e. The van der Waals surface area contributed by atoms with E-state index in [0.717, 1.165) is 22.3 Å². The van der Waals surface area contributed by atoms with Crippen LogP contribution >= 0.6 is 0 Å². The second-order valence-corrected chi connectivity index (χ2v) is 14.9. The van der Waals surface area contributed by atoms with Crippen molar-refractivity contribution in [2.24, 2.45) is 0 Å². The zero-order valence-corrected chi connectivity index (χ0v) is 26.7. The molecule has 40 heavy (non-hydrogen) atoms. The Bertz CT molecular complexity index is 1060. The van der Waals surface area contributed by atoms with Crippen LogP contribution in [0.15, 0.2) is 24.3 Å². The van der Waals surface area contributed by atoms with Crippen molar-refractivity contribution in [1.29, 1.82) is 0 Å². The van der Waals surface area contributed by atoms with E-state index in [-0.39, 0.29) is 57.9 Å². The van der Waals surface area contributed by atoms with Gasteiger partial charge in [-0.25, -0.2) is 0 Å². The average Bonchev–Trinajstić information content (AvgIpc) is 2.75. The lowest BCUT2D eigenvalue weighted by Gasteiger charge is -2.28. The van der Waals surface area contributed by atoms with Gasteiger partial charge < -0.3 is 19.7 Å². The summed E-state index contributed by atoms with van der Waals surface area (Å²) in [5.74, 6) is 0.513. The molecule has 0 radical (unpaired) electrons. The molecule has 2 aromatic rings. The summed E-state index contributed by atoms with van der Waals surface area (Å²) in [4.78, 5) is 25.3. The first-order valence-electron chi connectivity index (χ1n) is 14.2. The molecule has 0 atom stereocenters. The van der Waals surface area contributed by atoms with Crippen LogP contribution in [0.5, 0.6) is 23.0 Å². The van der Waals surface area contributed by atoms with Gasteiger partial charge in [0.1, 0.15) is 23.0 Å². The highest BCUT2D eigenvalue weighted by molar-refractivity contribution is 5.74. The summed E-state index contributed by atoms with van der Waals surface area (Å²) in [6.07, 6.45) is 1.26. The molecule has 6 nitrogen and oxygen atoms in total. The van der Waals surface area contributed by atoms with Crippen molar-refractivity contribution in [3.63, 3.8) is 0 Å². The standard InChI is InChI=1S/C34H50O6/c1-31(2,3)23-17-21(18-24(29(23)37)32(4,5)6)39-27(35)15-13-14-16-28(36)40-22-19-25(33(7,8)9)30(38)26(20-22)34(10,11)12/h17-20,37-38H,13-16H2,1-12H3. The molecule has 0 fully saturated rings. The number of unbranched alkanes of at least 4 members (excludes halogenated alkanes) is 1. The average molecular weight is 555 g/mol. The maximum Gasteiger partial charge on any atom is 0.311 e. The molecule has 0 bridgehead atoms. The minimum absolute atomic E-state index is 0.158. The van der Waals surface area contributed by atoms with Crippen molar-refractivity contribution in [3.8, 4) is 23.0 Å². The summed E-state index contributed by atoms with van der Waals surface area (Å²) >= 11 is 0. The second kappa shape index (κ2) is 11.8. The van der Waals surface area contributed by atoms with Crippen molar-refractivity contribution in [1.82, 2.24) is 0 Å². The van der Waals surface area contributed by atoms with Crippen LogP contribution in [0.3, 0.4) is 0 Å². The van der Waals surface area contributed by atoms with Gasteiger partial charge in [-0.05, 0) is 58.8 Å². The van der Waals surface area contributed by atoms with Gasteiger partial charge in [0, 0.05) is 35.1 Å². The van der Waals surface area contributed by atoms with Crippen LogP contribution in [0.4, 0.5) is 0 Å². The van der Waals surface area contributed by atoms with Crippen molar-refractivity contribution in [3.05, 3.63) is 46.5 Å². The Morgan fingerprint density at radius 1 is 0.525 bits per heavy atom. The summed E-state index contributed by atoms with van der Waals surface area (Å²) in [5, 5.41) is 21.8. The van der Waals surface area contributed by atoms with Crippen LogP contribution in [0.1, 0.15) is 131 Å². The predicted octanol–water partition coefficient (Wildman–Crippen LogP) is 8.36. The first kappa shape index (κ1) is 33.2. The number of ether oxygens (including phenoxy) is 2. The topological polar surface area (TPSA) is 93.1 Å². The largest absolute Gasteiger partial charge is 0.507 e. The van der Waals surface area contributed by atoms with Gasteiger partial charge >= 0.3 is 11.9 Å². The van der Waals surface area contributed by atoms with E-state index in [1.54, 1.807) is 24.3 Å². The van der Waals surface area contributed by atoms with Gasteiger partial charge in [-0.1, -0.05) is 83.1 Å². The van der Waals surface area contributed by atoms with Gasteiger partial charge in [-0.2, -0.15) is 0 Å². The van der Waals surface area contributed by atoms with Gasteiger partial charge in [-0.3, -0.25) is 9.59 Å². The molecule has 222 valence electrons. The predicted molar refractivity (Wildman–Crippen MR) is 161 cm³/mol. The summed E-state index contributed by atoms with van der Waals surface area (Å²) in [6, 6.07) is 6.93. The SMILES string of the molecule is CC(C)(C)c1cc(OC(=O)CCCCC(=O)Oc2cc(C(C)(C)C)c(O)c(C(C)(C)C)c2)cc(C(C)(C)C)c1O. The molecular weight excluding hydrogens is 504 g/mol. The molecule has 2 N–H and O–H groups in total. The zero-order chi connectivity index (χ0) is 30.8. The van der Waals surface area contributed by atoms with Crippen LogP contribution in [-0.4, -0.2) is 22.2 Å². The van der Waals surface area contributed by atoms with Gasteiger partial charge in [0.25, 0.3) is 0 Å². The summed E-state index contributed by atoms with van der Waals surface area (Å²) in [6.45, 7) is 24.1. The molecule has 0 saturated carbocycles. The molecule has 2 rings (SSSR count). The summed E-state index contributed by atoms with van der Waals surface area (Å²) in [5.41, 5.74) is 1.59. The number of phenolic OH excluding ortho intramolecular Hbond substituents is 2. The lowest BCUT2D eigenvalue weighted by Crippen LogP contribution is -2.18. The number of rotatable bonds is 7. The summed E-state index contributed by atoms with van der Waals surface area (Å²) in [7, 11) is 0. The fraction of sp³-hybridized carbons (Fsp3) is 0.588. The van der Waals surface area contributed by atoms with E-state index >= 15 is 0 Å². The van der Waals surface area contributed by atoms with Crippen LogP contribution in [-0.2, 0) is 31.2 Å². The van der Waals surface area contributed by atoms with Crippen LogP contribution < -0.4 is 9.47 Å². The van der Waals surface area contributed by atoms with Gasteiger partial charge in [0.05, 0.1) is 0 Å². The van der Waals surface area contributed by atoms with Gasteiger partial charge in [0.2, 0.25) is 0 Å². The number of carbonyl (C=O) groups is 2. The first-order valence-corrected chi connectivity index (χ1v) is 14.2. The highest BCUT2D eigenvalue weighted by Crippen LogP contribution is 2.43. The number of esters is 2. The second-order valence-electron chi connectivity index (χ2n) is 14.9. The molecule has 2 aromatic carbocycles. The van der Waals surface area contributed by atoms with E-state index < -0.39 is 0 Å². The highest BCUT2D eigenvalue weighted by Gasteiger charge is 2.29. The minimum atomic E-state index is -0.387. The van der Waals surface area contributed by atoms with E-state index in [1.165, 1.54) is 0 Å². The van der Waals surface area contributed by atoms with Crippen LogP contribution in [0.25, 0.3) is 0 Å². The number of benzene rings is 2. The Morgan fingerprint density at radius 2 is 0.750 bits per heavy atom. The van der Waals surface area contributed by atoms with Crippen molar-refractivity contribution in [2.75, 3.05) is 0 Å². The molecule has 0 saturated heterocycles. The molecule has 0 aliphatic rings. The molecular formula is C34H50O6. The third-order valence-electron chi connectivity index (χ3n) is 6.87. The molecule has 0 amide bonds. The maximum atomic E-state index is 12.6. The lowest BCUT2D eigenvalue weighted by molar-refractivity contribution is -0.136. The van der Waals surface area contributed by atoms with Crippen LogP contribution in [0, 0.1) is 0 Å². The Morgan fingerprint density at radius 3 is 0.950 bits per heavy atom. The minimum Gasteiger partial charge on any atom is -0.507 e. The van der Waals surface area contributed by atoms with Crippen molar-refractivity contribution < 1.29 is 29.3 Å². The van der Waals surface area contributed by atoms with E-state index in [0.29, 0.717) is 24.3 Å². The number of hydrogen-bond acceptors (Lipinski definition) is 6. The molecule has 0 aromatic heterocycles. The number of phenols is 2. The number of aromatic hydroxyl groups is 2. The van der Waals surface area contributed by atoms with Gasteiger partial charge in [-0.15, -0.1) is 0 Å². The fourth-order valence-electron chi connectivity index (χ4n) is 4.52. The number of carbonyl (C=O) groups excluding carboxylic acids is 2. The third-order valence-corrected chi connectivity index (χ3v) is 6.87. The van der Waals surface area contributed by atoms with Gasteiger partial charge in [0.15, 0.2) is 0 Å². The zero-order valence-electron chi connectivity index (χ0n) is 26.7.